The molecule has 1 heterocycles. The van der Waals surface area contributed by atoms with Crippen molar-refractivity contribution in [1.82, 2.24) is 0 Å². The van der Waals surface area contributed by atoms with E-state index in [1.807, 2.05) is 18.2 Å². The maximum atomic E-state index is 11.7. The summed E-state index contributed by atoms with van der Waals surface area (Å²) in [6.45, 7) is 3.45. The molecule has 2 aromatic carbocycles. The molecule has 1 aliphatic rings. The molecule has 0 bridgehead atoms. The highest BCUT2D eigenvalue weighted by atomic mass is 32.2. The minimum atomic E-state index is -3.18. The van der Waals surface area contributed by atoms with Crippen LogP contribution < -0.4 is 0 Å². The van der Waals surface area contributed by atoms with Crippen LogP contribution in [-0.2, 0) is 14.6 Å². The lowest BCUT2D eigenvalue weighted by Crippen LogP contribution is -1.99. The van der Waals surface area contributed by atoms with E-state index in [1.165, 1.54) is 17.4 Å². The van der Waals surface area contributed by atoms with Gasteiger partial charge in [0.1, 0.15) is 0 Å². The SMILES string of the molecule is Cc1cccc(/C(=C2/CCOC2)c2ccc(S(C)(=O)=O)cc2)c1. The Labute approximate surface area is 137 Å². The highest BCUT2D eigenvalue weighted by molar-refractivity contribution is 7.90. The van der Waals surface area contributed by atoms with Crippen molar-refractivity contribution in [2.45, 2.75) is 18.2 Å². The fourth-order valence-electron chi connectivity index (χ4n) is 2.90. The summed E-state index contributed by atoms with van der Waals surface area (Å²) in [4.78, 5) is 0.345. The molecule has 1 saturated heterocycles. The maximum Gasteiger partial charge on any atom is 0.175 e. The van der Waals surface area contributed by atoms with Gasteiger partial charge in [0.25, 0.3) is 0 Å². The third-order valence-corrected chi connectivity index (χ3v) is 5.18. The summed E-state index contributed by atoms with van der Waals surface area (Å²) in [6.07, 6.45) is 2.14. The van der Waals surface area contributed by atoms with Gasteiger partial charge in [-0.1, -0.05) is 42.0 Å². The Morgan fingerprint density at radius 2 is 1.78 bits per heavy atom. The summed E-state index contributed by atoms with van der Waals surface area (Å²) in [5.74, 6) is 0. The number of benzene rings is 2. The number of ether oxygens (including phenoxy) is 1. The molecule has 1 aliphatic heterocycles. The average molecular weight is 328 g/mol. The molecule has 0 unspecified atom stereocenters. The first-order valence-electron chi connectivity index (χ1n) is 7.62. The first-order chi connectivity index (χ1) is 10.9. The van der Waals surface area contributed by atoms with E-state index in [2.05, 4.69) is 25.1 Å². The molecule has 2 aromatic rings. The molecule has 0 atom stereocenters. The number of sulfone groups is 1. The van der Waals surface area contributed by atoms with Crippen LogP contribution in [0.15, 0.2) is 59.0 Å². The summed E-state index contributed by atoms with van der Waals surface area (Å²) in [5.41, 5.74) is 5.81. The number of aryl methyl sites for hydroxylation is 1. The molecule has 0 aromatic heterocycles. The zero-order chi connectivity index (χ0) is 16.4. The van der Waals surface area contributed by atoms with Crippen LogP contribution in [0.25, 0.3) is 5.57 Å². The molecule has 3 nitrogen and oxygen atoms in total. The van der Waals surface area contributed by atoms with Crippen molar-refractivity contribution in [1.29, 1.82) is 0 Å². The Kier molecular flexibility index (Phi) is 4.37. The standard InChI is InChI=1S/C19H20O3S/c1-14-4-3-5-16(12-14)19(17-10-11-22-13-17)15-6-8-18(9-7-15)23(2,20)21/h3-9,12H,10-11,13H2,1-2H3/b19-17-. The van der Waals surface area contributed by atoms with Gasteiger partial charge >= 0.3 is 0 Å². The Morgan fingerprint density at radius 3 is 2.35 bits per heavy atom. The van der Waals surface area contributed by atoms with E-state index in [4.69, 9.17) is 4.74 Å². The molecule has 1 fully saturated rings. The molecule has 23 heavy (non-hydrogen) atoms. The molecule has 0 saturated carbocycles. The number of hydrogen-bond acceptors (Lipinski definition) is 3. The summed E-state index contributed by atoms with van der Waals surface area (Å²) in [6, 6.07) is 15.5. The molecule has 4 heteroatoms. The average Bonchev–Trinajstić information content (AvgIpc) is 3.01. The van der Waals surface area contributed by atoms with Crippen molar-refractivity contribution in [3.8, 4) is 0 Å². The Morgan fingerprint density at radius 1 is 1.04 bits per heavy atom. The van der Waals surface area contributed by atoms with E-state index >= 15 is 0 Å². The lowest BCUT2D eigenvalue weighted by atomic mass is 9.92. The number of rotatable bonds is 3. The molecular formula is C19H20O3S. The van der Waals surface area contributed by atoms with Gasteiger partial charge in [-0.25, -0.2) is 8.42 Å². The zero-order valence-electron chi connectivity index (χ0n) is 13.4. The van der Waals surface area contributed by atoms with Gasteiger partial charge in [-0.2, -0.15) is 0 Å². The third-order valence-electron chi connectivity index (χ3n) is 4.06. The Balaban J connectivity index is 2.12. The Bertz CT molecular complexity index is 838. The fraction of sp³-hybridized carbons (Fsp3) is 0.263. The van der Waals surface area contributed by atoms with Crippen molar-refractivity contribution in [2.24, 2.45) is 0 Å². The molecule has 0 spiro atoms. The van der Waals surface area contributed by atoms with Crippen LogP contribution in [0.5, 0.6) is 0 Å². The van der Waals surface area contributed by atoms with Crippen molar-refractivity contribution in [3.63, 3.8) is 0 Å². The second-order valence-electron chi connectivity index (χ2n) is 5.95. The van der Waals surface area contributed by atoms with Gasteiger partial charge in [0.05, 0.1) is 18.1 Å². The van der Waals surface area contributed by atoms with Crippen molar-refractivity contribution in [2.75, 3.05) is 19.5 Å². The lowest BCUT2D eigenvalue weighted by molar-refractivity contribution is 0.205. The van der Waals surface area contributed by atoms with E-state index in [9.17, 15) is 8.42 Å². The number of hydrogen-bond donors (Lipinski definition) is 0. The molecule has 0 amide bonds. The van der Waals surface area contributed by atoms with Gasteiger partial charge in [0.15, 0.2) is 9.84 Å². The van der Waals surface area contributed by atoms with Crippen LogP contribution in [0.3, 0.4) is 0 Å². The van der Waals surface area contributed by atoms with E-state index in [1.54, 1.807) is 12.1 Å². The summed E-state index contributed by atoms with van der Waals surface area (Å²) >= 11 is 0. The smallest absolute Gasteiger partial charge is 0.175 e. The van der Waals surface area contributed by atoms with Crippen molar-refractivity contribution < 1.29 is 13.2 Å². The van der Waals surface area contributed by atoms with Crippen molar-refractivity contribution >= 4 is 15.4 Å². The minimum Gasteiger partial charge on any atom is -0.377 e. The predicted octanol–water partition coefficient (Wildman–Crippen LogP) is 3.62. The molecule has 120 valence electrons. The molecule has 0 aliphatic carbocycles. The highest BCUT2D eigenvalue weighted by Crippen LogP contribution is 2.32. The normalized spacial score (nSPS) is 17.3. The zero-order valence-corrected chi connectivity index (χ0v) is 14.2. The first-order valence-corrected chi connectivity index (χ1v) is 9.51. The fourth-order valence-corrected chi connectivity index (χ4v) is 3.53. The van der Waals surface area contributed by atoms with Gasteiger partial charge in [0.2, 0.25) is 0 Å². The van der Waals surface area contributed by atoms with Crippen LogP contribution in [0.2, 0.25) is 0 Å². The third kappa shape index (κ3) is 3.54. The quantitative estimate of drug-likeness (QED) is 0.864. The Hall–Kier alpha value is -1.91. The van der Waals surface area contributed by atoms with Crippen LogP contribution in [0, 0.1) is 6.92 Å². The minimum absolute atomic E-state index is 0.345. The molecular weight excluding hydrogens is 308 g/mol. The lowest BCUT2D eigenvalue weighted by Gasteiger charge is -2.13. The summed E-state index contributed by atoms with van der Waals surface area (Å²) in [5, 5.41) is 0. The van der Waals surface area contributed by atoms with Gasteiger partial charge < -0.3 is 4.74 Å². The van der Waals surface area contributed by atoms with E-state index in [-0.39, 0.29) is 0 Å². The van der Waals surface area contributed by atoms with Gasteiger partial charge in [-0.05, 0) is 47.8 Å². The molecule has 0 N–H and O–H groups in total. The molecule has 3 rings (SSSR count). The van der Waals surface area contributed by atoms with E-state index < -0.39 is 9.84 Å². The predicted molar refractivity (Wildman–Crippen MR) is 92.2 cm³/mol. The van der Waals surface area contributed by atoms with E-state index in [0.29, 0.717) is 11.5 Å². The van der Waals surface area contributed by atoms with Crippen LogP contribution >= 0.6 is 0 Å². The second-order valence-corrected chi connectivity index (χ2v) is 7.96. The summed E-state index contributed by atoms with van der Waals surface area (Å²) in [7, 11) is -3.18. The monoisotopic (exact) mass is 328 g/mol. The van der Waals surface area contributed by atoms with Crippen LogP contribution in [0.1, 0.15) is 23.1 Å². The summed E-state index contributed by atoms with van der Waals surface area (Å²) < 4.78 is 28.8. The second kappa shape index (κ2) is 6.30. The van der Waals surface area contributed by atoms with Gasteiger partial charge in [0, 0.05) is 6.26 Å². The maximum absolute atomic E-state index is 11.7. The van der Waals surface area contributed by atoms with Gasteiger partial charge in [-0.15, -0.1) is 0 Å². The largest absolute Gasteiger partial charge is 0.377 e. The topological polar surface area (TPSA) is 43.4 Å². The molecule has 0 radical (unpaired) electrons. The van der Waals surface area contributed by atoms with Crippen LogP contribution in [0.4, 0.5) is 0 Å². The first kappa shape index (κ1) is 16.0. The van der Waals surface area contributed by atoms with Crippen molar-refractivity contribution in [3.05, 3.63) is 70.8 Å². The highest BCUT2D eigenvalue weighted by Gasteiger charge is 2.17. The van der Waals surface area contributed by atoms with Crippen LogP contribution in [-0.4, -0.2) is 27.9 Å². The van der Waals surface area contributed by atoms with E-state index in [0.717, 1.165) is 29.7 Å². The van der Waals surface area contributed by atoms with Gasteiger partial charge in [-0.3, -0.25) is 0 Å².